The lowest BCUT2D eigenvalue weighted by Crippen LogP contribution is -2.29. The number of nitrogens with zero attached hydrogens (tertiary/aromatic N) is 2. The maximum absolute atomic E-state index is 12.7. The number of hydrogen-bond acceptors (Lipinski definition) is 3. The van der Waals surface area contributed by atoms with Crippen molar-refractivity contribution in [2.24, 2.45) is 0 Å². The molecule has 4 rings (SSSR count). The number of fused-ring (bicyclic) bond motifs is 1. The minimum absolute atomic E-state index is 0.129. The summed E-state index contributed by atoms with van der Waals surface area (Å²) in [7, 11) is 0. The van der Waals surface area contributed by atoms with Gasteiger partial charge in [0, 0.05) is 11.3 Å². The number of amides is 1. The SMILES string of the molecule is Cc1cccc(OCCNC(=O)c2nn(-c3ccccc3)c3c2CCC3)c1. The molecule has 0 atom stereocenters. The first-order chi connectivity index (χ1) is 13.2. The van der Waals surface area contributed by atoms with Crippen molar-refractivity contribution in [1.29, 1.82) is 0 Å². The van der Waals surface area contributed by atoms with Gasteiger partial charge in [-0.2, -0.15) is 5.10 Å². The van der Waals surface area contributed by atoms with Gasteiger partial charge in [-0.1, -0.05) is 30.3 Å². The van der Waals surface area contributed by atoms with E-state index in [1.807, 2.05) is 66.2 Å². The van der Waals surface area contributed by atoms with Gasteiger partial charge in [-0.25, -0.2) is 4.68 Å². The number of nitrogens with one attached hydrogen (secondary N) is 1. The molecule has 0 bridgehead atoms. The van der Waals surface area contributed by atoms with Crippen LogP contribution in [-0.2, 0) is 12.8 Å². The molecule has 5 nitrogen and oxygen atoms in total. The Hall–Kier alpha value is -3.08. The Balaban J connectivity index is 1.42. The van der Waals surface area contributed by atoms with Gasteiger partial charge in [-0.15, -0.1) is 0 Å². The van der Waals surface area contributed by atoms with E-state index in [0.717, 1.165) is 47.5 Å². The largest absolute Gasteiger partial charge is 0.492 e. The van der Waals surface area contributed by atoms with Crippen LogP contribution in [0.2, 0.25) is 0 Å². The molecule has 27 heavy (non-hydrogen) atoms. The van der Waals surface area contributed by atoms with Crippen LogP contribution in [-0.4, -0.2) is 28.8 Å². The summed E-state index contributed by atoms with van der Waals surface area (Å²) in [5.41, 5.74) is 4.93. The molecular formula is C22H23N3O2. The molecule has 0 unspecified atom stereocenters. The summed E-state index contributed by atoms with van der Waals surface area (Å²) in [6, 6.07) is 17.9. The third kappa shape index (κ3) is 3.72. The third-order valence-electron chi connectivity index (χ3n) is 4.79. The van der Waals surface area contributed by atoms with Gasteiger partial charge in [0.15, 0.2) is 5.69 Å². The molecule has 0 fully saturated rings. The van der Waals surface area contributed by atoms with Crippen molar-refractivity contribution in [2.45, 2.75) is 26.2 Å². The normalized spacial score (nSPS) is 12.6. The summed E-state index contributed by atoms with van der Waals surface area (Å²) in [5.74, 6) is 0.689. The van der Waals surface area contributed by atoms with Crippen molar-refractivity contribution in [3.8, 4) is 11.4 Å². The van der Waals surface area contributed by atoms with Gasteiger partial charge < -0.3 is 10.1 Å². The van der Waals surface area contributed by atoms with Gasteiger partial charge in [0.05, 0.1) is 12.2 Å². The van der Waals surface area contributed by atoms with E-state index in [4.69, 9.17) is 4.74 Å². The summed E-state index contributed by atoms with van der Waals surface area (Å²) >= 11 is 0. The molecule has 0 saturated heterocycles. The molecule has 2 aromatic carbocycles. The molecule has 3 aromatic rings. The zero-order chi connectivity index (χ0) is 18.6. The fourth-order valence-electron chi connectivity index (χ4n) is 3.52. The molecule has 1 N–H and O–H groups in total. The number of aromatic nitrogens is 2. The van der Waals surface area contributed by atoms with E-state index < -0.39 is 0 Å². The minimum Gasteiger partial charge on any atom is -0.492 e. The molecule has 0 spiro atoms. The van der Waals surface area contributed by atoms with Crippen molar-refractivity contribution in [1.82, 2.24) is 15.1 Å². The number of benzene rings is 2. The first-order valence-electron chi connectivity index (χ1n) is 9.36. The first-order valence-corrected chi connectivity index (χ1v) is 9.36. The van der Waals surface area contributed by atoms with E-state index in [0.29, 0.717) is 18.8 Å². The number of hydrogen-bond donors (Lipinski definition) is 1. The summed E-state index contributed by atoms with van der Waals surface area (Å²) in [6.07, 6.45) is 2.93. The van der Waals surface area contributed by atoms with E-state index in [9.17, 15) is 4.79 Å². The Morgan fingerprint density at radius 2 is 2.00 bits per heavy atom. The molecule has 1 aliphatic carbocycles. The van der Waals surface area contributed by atoms with Crippen LogP contribution < -0.4 is 10.1 Å². The van der Waals surface area contributed by atoms with Crippen LogP contribution in [0.3, 0.4) is 0 Å². The van der Waals surface area contributed by atoms with Crippen LogP contribution in [0.15, 0.2) is 54.6 Å². The van der Waals surface area contributed by atoms with E-state index in [2.05, 4.69) is 10.4 Å². The molecule has 1 aromatic heterocycles. The maximum Gasteiger partial charge on any atom is 0.272 e. The standard InChI is InChI=1S/C22H23N3O2/c1-16-7-5-10-18(15-16)27-14-13-23-22(26)21-19-11-6-12-20(19)25(24-21)17-8-3-2-4-9-17/h2-5,7-10,15H,6,11-14H2,1H3,(H,23,26). The highest BCUT2D eigenvalue weighted by atomic mass is 16.5. The van der Waals surface area contributed by atoms with Crippen molar-refractivity contribution in [3.05, 3.63) is 77.1 Å². The highest BCUT2D eigenvalue weighted by molar-refractivity contribution is 5.94. The number of carbonyl (C=O) groups excluding carboxylic acids is 1. The summed E-state index contributed by atoms with van der Waals surface area (Å²) in [6.45, 7) is 2.90. The lowest BCUT2D eigenvalue weighted by atomic mass is 10.2. The van der Waals surface area contributed by atoms with Crippen LogP contribution in [0, 0.1) is 6.92 Å². The van der Waals surface area contributed by atoms with Gasteiger partial charge in [-0.3, -0.25) is 4.79 Å². The fourth-order valence-corrected chi connectivity index (χ4v) is 3.52. The van der Waals surface area contributed by atoms with Crippen molar-refractivity contribution in [2.75, 3.05) is 13.2 Å². The highest BCUT2D eigenvalue weighted by Crippen LogP contribution is 2.27. The van der Waals surface area contributed by atoms with Crippen molar-refractivity contribution < 1.29 is 9.53 Å². The van der Waals surface area contributed by atoms with Crippen LogP contribution in [0.4, 0.5) is 0 Å². The van der Waals surface area contributed by atoms with Gasteiger partial charge in [0.2, 0.25) is 0 Å². The average molecular weight is 361 g/mol. The second-order valence-electron chi connectivity index (χ2n) is 6.80. The van der Waals surface area contributed by atoms with Crippen LogP contribution in [0.5, 0.6) is 5.75 Å². The average Bonchev–Trinajstić information content (AvgIpc) is 3.28. The second-order valence-corrected chi connectivity index (χ2v) is 6.80. The molecule has 1 heterocycles. The van der Waals surface area contributed by atoms with Gasteiger partial charge in [0.1, 0.15) is 12.4 Å². The molecular weight excluding hydrogens is 338 g/mol. The third-order valence-corrected chi connectivity index (χ3v) is 4.79. The maximum atomic E-state index is 12.7. The smallest absolute Gasteiger partial charge is 0.272 e. The summed E-state index contributed by atoms with van der Waals surface area (Å²) < 4.78 is 7.62. The predicted molar refractivity (Wildman–Crippen MR) is 105 cm³/mol. The van der Waals surface area contributed by atoms with Crippen LogP contribution in [0.25, 0.3) is 5.69 Å². The van der Waals surface area contributed by atoms with Crippen LogP contribution in [0.1, 0.15) is 33.7 Å². The molecule has 1 aliphatic rings. The number of rotatable bonds is 6. The monoisotopic (exact) mass is 361 g/mol. The van der Waals surface area contributed by atoms with Gasteiger partial charge >= 0.3 is 0 Å². The zero-order valence-corrected chi connectivity index (χ0v) is 15.4. The lowest BCUT2D eigenvalue weighted by molar-refractivity contribution is 0.0940. The fraction of sp³-hybridized carbons (Fsp3) is 0.273. The second kappa shape index (κ2) is 7.66. The van der Waals surface area contributed by atoms with Crippen molar-refractivity contribution >= 4 is 5.91 Å². The molecule has 0 saturated carbocycles. The van der Waals surface area contributed by atoms with E-state index in [1.165, 1.54) is 0 Å². The van der Waals surface area contributed by atoms with E-state index >= 15 is 0 Å². The molecule has 1 amide bonds. The predicted octanol–water partition coefficient (Wildman–Crippen LogP) is 3.48. The van der Waals surface area contributed by atoms with Crippen LogP contribution >= 0.6 is 0 Å². The Morgan fingerprint density at radius 3 is 2.81 bits per heavy atom. The molecule has 5 heteroatoms. The Labute approximate surface area is 159 Å². The molecule has 0 aliphatic heterocycles. The van der Waals surface area contributed by atoms with E-state index in [1.54, 1.807) is 0 Å². The number of aryl methyl sites for hydroxylation is 1. The lowest BCUT2D eigenvalue weighted by Gasteiger charge is -2.08. The quantitative estimate of drug-likeness (QED) is 0.684. The number of ether oxygens (including phenoxy) is 1. The van der Waals surface area contributed by atoms with Crippen molar-refractivity contribution in [3.63, 3.8) is 0 Å². The topological polar surface area (TPSA) is 56.1 Å². The zero-order valence-electron chi connectivity index (χ0n) is 15.4. The van der Waals surface area contributed by atoms with Gasteiger partial charge in [0.25, 0.3) is 5.91 Å². The Kier molecular flexibility index (Phi) is 4.92. The first kappa shape index (κ1) is 17.3. The van der Waals surface area contributed by atoms with Gasteiger partial charge in [-0.05, 0) is 56.0 Å². The summed E-state index contributed by atoms with van der Waals surface area (Å²) in [5, 5.41) is 7.55. The van der Waals surface area contributed by atoms with E-state index in [-0.39, 0.29) is 5.91 Å². The Bertz CT molecular complexity index is 947. The summed E-state index contributed by atoms with van der Waals surface area (Å²) in [4.78, 5) is 12.7. The molecule has 138 valence electrons. The highest BCUT2D eigenvalue weighted by Gasteiger charge is 2.26. The molecule has 0 radical (unpaired) electrons. The number of carbonyl (C=O) groups is 1. The Morgan fingerprint density at radius 1 is 1.15 bits per heavy atom. The number of para-hydroxylation sites is 1. The minimum atomic E-state index is -0.129.